The number of halogens is 1. The van der Waals surface area contributed by atoms with Gasteiger partial charge in [0.05, 0.1) is 15.5 Å². The molecule has 0 spiro atoms. The van der Waals surface area contributed by atoms with Gasteiger partial charge in [-0.1, -0.05) is 43.3 Å². The summed E-state index contributed by atoms with van der Waals surface area (Å²) in [6.45, 7) is 2.68. The smallest absolute Gasteiger partial charge is 0.269 e. The van der Waals surface area contributed by atoms with Crippen LogP contribution in [0.15, 0.2) is 83.8 Å². The second-order valence-electron chi connectivity index (χ2n) is 8.68. The van der Waals surface area contributed by atoms with Crippen molar-refractivity contribution in [1.29, 1.82) is 0 Å². The number of hydrogen-bond donors (Lipinski definition) is 1. The summed E-state index contributed by atoms with van der Waals surface area (Å²) in [6.07, 6.45) is 0.656. The van der Waals surface area contributed by atoms with Crippen LogP contribution in [0.2, 0.25) is 0 Å². The average molecular weight is 557 g/mol. The van der Waals surface area contributed by atoms with E-state index < -0.39 is 45.2 Å². The number of non-ortho nitro benzene ring substituents is 1. The number of hydrogen-bond acceptors (Lipinski definition) is 6. The molecule has 3 aromatic carbocycles. The fraction of sp³-hybridized carbons (Fsp3) is 0.259. The van der Waals surface area contributed by atoms with Crippen LogP contribution in [-0.2, 0) is 26.2 Å². The Labute approximate surface area is 226 Å². The van der Waals surface area contributed by atoms with Crippen LogP contribution >= 0.6 is 0 Å². The molecular formula is C27H29FN4O6S. The van der Waals surface area contributed by atoms with Crippen LogP contribution < -0.4 is 9.62 Å². The molecule has 206 valence electrons. The highest BCUT2D eigenvalue weighted by Crippen LogP contribution is 2.26. The molecule has 1 atom stereocenters. The van der Waals surface area contributed by atoms with Crippen molar-refractivity contribution in [3.05, 3.63) is 100 Å². The molecule has 0 bridgehead atoms. The minimum atomic E-state index is -4.32. The van der Waals surface area contributed by atoms with Gasteiger partial charge >= 0.3 is 0 Å². The molecule has 0 aliphatic rings. The Morgan fingerprint density at radius 2 is 1.62 bits per heavy atom. The number of sulfonamides is 1. The van der Waals surface area contributed by atoms with Gasteiger partial charge in [-0.05, 0) is 43.7 Å². The van der Waals surface area contributed by atoms with Crippen molar-refractivity contribution < 1.29 is 27.3 Å². The van der Waals surface area contributed by atoms with E-state index in [-0.39, 0.29) is 28.4 Å². The molecule has 0 saturated carbocycles. The van der Waals surface area contributed by atoms with Gasteiger partial charge in [-0.15, -0.1) is 0 Å². The molecule has 12 heteroatoms. The second-order valence-corrected chi connectivity index (χ2v) is 10.5. The number of amides is 2. The summed E-state index contributed by atoms with van der Waals surface area (Å²) in [7, 11) is -4.32. The van der Waals surface area contributed by atoms with Crippen molar-refractivity contribution in [1.82, 2.24) is 10.2 Å². The summed E-state index contributed by atoms with van der Waals surface area (Å²) in [5.41, 5.74) is -0.106. The molecule has 10 nitrogen and oxygen atoms in total. The summed E-state index contributed by atoms with van der Waals surface area (Å²) in [5, 5.41) is 13.8. The van der Waals surface area contributed by atoms with E-state index in [1.807, 2.05) is 6.92 Å². The SMILES string of the molecule is CCCNC(=O)[C@H](C)N(Cc1ccccc1F)C(=O)CN(c1ccc([N+](=O)[O-])cc1)S(=O)(=O)c1ccccc1. The van der Waals surface area contributed by atoms with Crippen molar-refractivity contribution in [3.63, 3.8) is 0 Å². The minimum Gasteiger partial charge on any atom is -0.354 e. The summed E-state index contributed by atoms with van der Waals surface area (Å²) < 4.78 is 42.6. The van der Waals surface area contributed by atoms with E-state index in [1.54, 1.807) is 12.1 Å². The molecule has 1 N–H and O–H groups in total. The third-order valence-corrected chi connectivity index (χ3v) is 7.76. The van der Waals surface area contributed by atoms with Gasteiger partial charge in [-0.2, -0.15) is 0 Å². The van der Waals surface area contributed by atoms with Crippen LogP contribution in [-0.4, -0.2) is 49.2 Å². The van der Waals surface area contributed by atoms with E-state index >= 15 is 0 Å². The van der Waals surface area contributed by atoms with Gasteiger partial charge in [-0.25, -0.2) is 12.8 Å². The number of nitro groups is 1. The van der Waals surface area contributed by atoms with Gasteiger partial charge in [0, 0.05) is 30.8 Å². The molecule has 0 heterocycles. The maximum atomic E-state index is 14.5. The first-order chi connectivity index (χ1) is 18.6. The molecule has 3 rings (SSSR count). The molecule has 0 aromatic heterocycles. The van der Waals surface area contributed by atoms with Crippen LogP contribution in [0.3, 0.4) is 0 Å². The average Bonchev–Trinajstić information content (AvgIpc) is 2.94. The van der Waals surface area contributed by atoms with Gasteiger partial charge in [0.2, 0.25) is 11.8 Å². The minimum absolute atomic E-state index is 0.00623. The van der Waals surface area contributed by atoms with Crippen LogP contribution in [0.1, 0.15) is 25.8 Å². The van der Waals surface area contributed by atoms with Crippen molar-refractivity contribution in [2.75, 3.05) is 17.4 Å². The fourth-order valence-corrected chi connectivity index (χ4v) is 5.21. The Morgan fingerprint density at radius 3 is 2.21 bits per heavy atom. The number of carbonyl (C=O) groups excluding carboxylic acids is 2. The summed E-state index contributed by atoms with van der Waals surface area (Å²) in [5.74, 6) is -1.83. The van der Waals surface area contributed by atoms with Crippen molar-refractivity contribution in [3.8, 4) is 0 Å². The normalized spacial score (nSPS) is 11.9. The van der Waals surface area contributed by atoms with Gasteiger partial charge in [0.15, 0.2) is 0 Å². The predicted octanol–water partition coefficient (Wildman–Crippen LogP) is 3.87. The third-order valence-electron chi connectivity index (χ3n) is 5.97. The Kier molecular flexibility index (Phi) is 9.72. The molecule has 0 unspecified atom stereocenters. The Hall–Kier alpha value is -4.32. The maximum Gasteiger partial charge on any atom is 0.269 e. The third kappa shape index (κ3) is 7.17. The Morgan fingerprint density at radius 1 is 1.00 bits per heavy atom. The summed E-state index contributed by atoms with van der Waals surface area (Å²) in [6, 6.07) is 16.8. The van der Waals surface area contributed by atoms with E-state index in [9.17, 15) is 32.5 Å². The van der Waals surface area contributed by atoms with Gasteiger partial charge in [0.25, 0.3) is 15.7 Å². The zero-order valence-electron chi connectivity index (χ0n) is 21.5. The number of rotatable bonds is 12. The molecule has 0 saturated heterocycles. The number of nitrogens with zero attached hydrogens (tertiary/aromatic N) is 3. The number of benzene rings is 3. The van der Waals surface area contributed by atoms with Crippen molar-refractivity contribution in [2.45, 2.75) is 37.8 Å². The van der Waals surface area contributed by atoms with Crippen LogP contribution in [0.4, 0.5) is 15.8 Å². The lowest BCUT2D eigenvalue weighted by Gasteiger charge is -2.32. The highest BCUT2D eigenvalue weighted by atomic mass is 32.2. The number of anilines is 1. The lowest BCUT2D eigenvalue weighted by atomic mass is 10.1. The molecule has 2 amide bonds. The molecule has 0 radical (unpaired) electrons. The number of carbonyl (C=O) groups is 2. The van der Waals surface area contributed by atoms with Crippen molar-refractivity contribution in [2.24, 2.45) is 0 Å². The summed E-state index contributed by atoms with van der Waals surface area (Å²) in [4.78, 5) is 38.0. The first kappa shape index (κ1) is 29.2. The molecule has 0 aliphatic heterocycles. The Balaban J connectivity index is 2.03. The van der Waals surface area contributed by atoms with Crippen molar-refractivity contribution >= 4 is 33.2 Å². The second kappa shape index (κ2) is 13.0. The van der Waals surface area contributed by atoms with E-state index in [0.29, 0.717) is 13.0 Å². The van der Waals surface area contributed by atoms with Gasteiger partial charge in [0.1, 0.15) is 18.4 Å². The molecule has 0 fully saturated rings. The highest BCUT2D eigenvalue weighted by molar-refractivity contribution is 7.92. The molecule has 3 aromatic rings. The zero-order valence-corrected chi connectivity index (χ0v) is 22.3. The van der Waals surface area contributed by atoms with Crippen LogP contribution in [0.5, 0.6) is 0 Å². The zero-order chi connectivity index (χ0) is 28.6. The van der Waals surface area contributed by atoms with E-state index in [2.05, 4.69) is 5.32 Å². The highest BCUT2D eigenvalue weighted by Gasteiger charge is 2.33. The molecule has 0 aliphatic carbocycles. The maximum absolute atomic E-state index is 14.5. The monoisotopic (exact) mass is 556 g/mol. The largest absolute Gasteiger partial charge is 0.354 e. The van der Waals surface area contributed by atoms with Gasteiger partial charge < -0.3 is 10.2 Å². The van der Waals surface area contributed by atoms with E-state index in [4.69, 9.17) is 0 Å². The Bertz CT molecular complexity index is 1420. The van der Waals surface area contributed by atoms with Crippen LogP contribution in [0.25, 0.3) is 0 Å². The molecular weight excluding hydrogens is 527 g/mol. The van der Waals surface area contributed by atoms with Crippen LogP contribution in [0, 0.1) is 15.9 Å². The van der Waals surface area contributed by atoms with E-state index in [1.165, 1.54) is 61.5 Å². The predicted molar refractivity (Wildman–Crippen MR) is 144 cm³/mol. The van der Waals surface area contributed by atoms with Gasteiger partial charge in [-0.3, -0.25) is 24.0 Å². The summed E-state index contributed by atoms with van der Waals surface area (Å²) >= 11 is 0. The fourth-order valence-electron chi connectivity index (χ4n) is 3.78. The topological polar surface area (TPSA) is 130 Å². The first-order valence-corrected chi connectivity index (χ1v) is 13.6. The number of nitro benzene ring substituents is 1. The first-order valence-electron chi connectivity index (χ1n) is 12.2. The lowest BCUT2D eigenvalue weighted by molar-refractivity contribution is -0.384. The standard InChI is InChI=1S/C27H29FN4O6S/c1-3-17-29-27(34)20(2)30(18-21-9-7-8-12-25(21)28)26(33)19-31(22-13-15-23(16-14-22)32(35)36)39(37,38)24-10-5-4-6-11-24/h4-16,20H,3,17-19H2,1-2H3,(H,29,34)/t20-/m0/s1. The number of nitrogens with one attached hydrogen (secondary N) is 1. The quantitative estimate of drug-likeness (QED) is 0.266. The van der Waals surface area contributed by atoms with E-state index in [0.717, 1.165) is 21.3 Å². The molecule has 39 heavy (non-hydrogen) atoms. The lowest BCUT2D eigenvalue weighted by Crippen LogP contribution is -2.51.